The Labute approximate surface area is 169 Å². The molecule has 0 amide bonds. The van der Waals surface area contributed by atoms with Crippen LogP contribution in [0.25, 0.3) is 12.2 Å². The van der Waals surface area contributed by atoms with Gasteiger partial charge in [0.1, 0.15) is 11.6 Å². The Hall–Kier alpha value is -2.88. The van der Waals surface area contributed by atoms with Crippen molar-refractivity contribution >= 4 is 18.1 Å². The van der Waals surface area contributed by atoms with Crippen LogP contribution in [0.5, 0.6) is 5.75 Å². The molecule has 4 rings (SSSR count). The maximum absolute atomic E-state index is 13.0. The van der Waals surface area contributed by atoms with Gasteiger partial charge in [0.25, 0.3) is 0 Å². The van der Waals surface area contributed by atoms with Gasteiger partial charge in [-0.3, -0.25) is 4.79 Å². The molecule has 29 heavy (non-hydrogen) atoms. The Kier molecular flexibility index (Phi) is 5.52. The van der Waals surface area contributed by atoms with Gasteiger partial charge in [0.15, 0.2) is 0 Å². The van der Waals surface area contributed by atoms with E-state index in [0.717, 1.165) is 42.8 Å². The van der Waals surface area contributed by atoms with Crippen LogP contribution in [0.2, 0.25) is 0 Å². The predicted octanol–water partition coefficient (Wildman–Crippen LogP) is 4.35. The van der Waals surface area contributed by atoms with Crippen molar-refractivity contribution in [1.29, 1.82) is 0 Å². The third-order valence-corrected chi connectivity index (χ3v) is 5.91. The Bertz CT molecular complexity index is 953. The second-order valence-electron chi connectivity index (χ2n) is 7.82. The second kappa shape index (κ2) is 8.24. The van der Waals surface area contributed by atoms with Crippen LogP contribution in [0.15, 0.2) is 48.2 Å². The van der Waals surface area contributed by atoms with Gasteiger partial charge in [-0.25, -0.2) is 4.39 Å². The van der Waals surface area contributed by atoms with Crippen molar-refractivity contribution in [2.45, 2.75) is 24.7 Å². The highest BCUT2D eigenvalue weighted by Gasteiger charge is 2.42. The third kappa shape index (κ3) is 4.42. The summed E-state index contributed by atoms with van der Waals surface area (Å²) in [6, 6.07) is 12.6. The molecule has 2 aliphatic rings. The van der Waals surface area contributed by atoms with E-state index >= 15 is 0 Å². The Balaban J connectivity index is 1.43. The van der Waals surface area contributed by atoms with Crippen LogP contribution < -0.4 is 4.74 Å². The first kappa shape index (κ1) is 19.4. The van der Waals surface area contributed by atoms with Gasteiger partial charge in [-0.2, -0.15) is 0 Å². The molecular formula is C24H24FNO3. The van der Waals surface area contributed by atoms with Crippen molar-refractivity contribution in [3.8, 4) is 5.75 Å². The van der Waals surface area contributed by atoms with Gasteiger partial charge < -0.3 is 14.7 Å². The van der Waals surface area contributed by atoms with E-state index < -0.39 is 5.97 Å². The van der Waals surface area contributed by atoms with Crippen LogP contribution in [0.1, 0.15) is 36.0 Å². The molecule has 0 saturated carbocycles. The fraction of sp³-hybridized carbons (Fsp3) is 0.333. The second-order valence-corrected chi connectivity index (χ2v) is 7.82. The molecule has 2 heterocycles. The molecule has 0 unspecified atom stereocenters. The van der Waals surface area contributed by atoms with Crippen LogP contribution in [0.3, 0.4) is 0 Å². The summed E-state index contributed by atoms with van der Waals surface area (Å²) in [5, 5.41) is 8.87. The minimum atomic E-state index is -0.742. The first-order chi connectivity index (χ1) is 14.0. The van der Waals surface area contributed by atoms with Gasteiger partial charge in [-0.05, 0) is 67.4 Å². The van der Waals surface area contributed by atoms with Crippen molar-refractivity contribution in [3.05, 3.63) is 70.7 Å². The predicted molar refractivity (Wildman–Crippen MR) is 110 cm³/mol. The number of hydrogen-bond acceptors (Lipinski definition) is 3. The van der Waals surface area contributed by atoms with Crippen molar-refractivity contribution in [1.82, 2.24) is 4.90 Å². The number of fused-ring (bicyclic) bond motifs is 2. The fourth-order valence-electron chi connectivity index (χ4n) is 4.15. The number of nitrogens with zero attached hydrogens (tertiary/aromatic N) is 1. The average Bonchev–Trinajstić information content (AvgIpc) is 3.07. The smallest absolute Gasteiger partial charge is 0.304 e. The topological polar surface area (TPSA) is 49.8 Å². The zero-order chi connectivity index (χ0) is 20.3. The minimum absolute atomic E-state index is 0.0429. The highest BCUT2D eigenvalue weighted by Crippen LogP contribution is 2.45. The van der Waals surface area contributed by atoms with Crippen LogP contribution in [0.4, 0.5) is 4.39 Å². The Morgan fingerprint density at radius 2 is 1.83 bits per heavy atom. The summed E-state index contributed by atoms with van der Waals surface area (Å²) in [6.45, 7) is 3.10. The third-order valence-electron chi connectivity index (χ3n) is 5.91. The molecule has 1 spiro atoms. The first-order valence-corrected chi connectivity index (χ1v) is 9.94. The number of benzene rings is 2. The molecule has 4 nitrogen and oxygen atoms in total. The van der Waals surface area contributed by atoms with Crippen molar-refractivity contribution in [2.75, 3.05) is 26.2 Å². The van der Waals surface area contributed by atoms with Crippen molar-refractivity contribution in [2.24, 2.45) is 0 Å². The molecule has 0 aromatic heterocycles. The normalized spacial score (nSPS) is 17.3. The maximum Gasteiger partial charge on any atom is 0.304 e. The summed E-state index contributed by atoms with van der Waals surface area (Å²) < 4.78 is 19.0. The highest BCUT2D eigenvalue weighted by molar-refractivity contribution is 5.66. The van der Waals surface area contributed by atoms with Gasteiger partial charge >= 0.3 is 5.97 Å². The Morgan fingerprint density at radius 3 is 2.55 bits per heavy atom. The SMILES string of the molecule is O=C(O)CCN1CCC2(CC1)COc1cc(C=C=Cc3ccc(F)cc3)ccc12. The van der Waals surface area contributed by atoms with E-state index in [1.807, 2.05) is 18.2 Å². The number of halogens is 1. The van der Waals surface area contributed by atoms with Crippen molar-refractivity contribution < 1.29 is 19.0 Å². The fourth-order valence-corrected chi connectivity index (χ4v) is 4.15. The molecule has 5 heteroatoms. The largest absolute Gasteiger partial charge is 0.492 e. The first-order valence-electron chi connectivity index (χ1n) is 9.94. The van der Waals surface area contributed by atoms with E-state index in [2.05, 4.69) is 22.8 Å². The maximum atomic E-state index is 13.0. The number of carboxylic acid groups (broad SMARTS) is 1. The molecule has 2 aromatic rings. The lowest BCUT2D eigenvalue weighted by molar-refractivity contribution is -0.137. The molecule has 0 aliphatic carbocycles. The van der Waals surface area contributed by atoms with E-state index in [0.29, 0.717) is 13.2 Å². The molecule has 0 atom stereocenters. The summed E-state index contributed by atoms with van der Waals surface area (Å²) in [6.07, 6.45) is 5.88. The zero-order valence-corrected chi connectivity index (χ0v) is 16.2. The highest BCUT2D eigenvalue weighted by atomic mass is 19.1. The van der Waals surface area contributed by atoms with E-state index in [4.69, 9.17) is 9.84 Å². The molecule has 150 valence electrons. The molecule has 1 fully saturated rings. The molecule has 0 bridgehead atoms. The number of carbonyl (C=O) groups is 1. The molecule has 2 aliphatic heterocycles. The summed E-state index contributed by atoms with van der Waals surface area (Å²) in [5.74, 6) is -0.0567. The summed E-state index contributed by atoms with van der Waals surface area (Å²) in [7, 11) is 0. The van der Waals surface area contributed by atoms with Gasteiger partial charge in [0, 0.05) is 17.5 Å². The van der Waals surface area contributed by atoms with E-state index in [1.54, 1.807) is 12.1 Å². The molecule has 2 aromatic carbocycles. The average molecular weight is 393 g/mol. The molecular weight excluding hydrogens is 369 g/mol. The monoisotopic (exact) mass is 393 g/mol. The standard InChI is InChI=1S/C24H24FNO3/c25-20-7-4-18(5-8-20)2-1-3-19-6-9-21-22(16-19)29-17-24(21)11-14-26(15-12-24)13-10-23(27)28/h2-9,16H,10-15,17H2,(H,27,28). The van der Waals surface area contributed by atoms with Crippen LogP contribution in [-0.4, -0.2) is 42.2 Å². The Morgan fingerprint density at radius 1 is 1.14 bits per heavy atom. The van der Waals surface area contributed by atoms with Crippen LogP contribution >= 0.6 is 0 Å². The van der Waals surface area contributed by atoms with Crippen molar-refractivity contribution in [3.63, 3.8) is 0 Å². The van der Waals surface area contributed by atoms with Gasteiger partial charge in [0.2, 0.25) is 0 Å². The molecule has 0 radical (unpaired) electrons. The number of hydrogen-bond donors (Lipinski definition) is 1. The van der Waals surface area contributed by atoms with Crippen LogP contribution in [-0.2, 0) is 10.2 Å². The number of piperidine rings is 1. The quantitative estimate of drug-likeness (QED) is 0.768. The lowest BCUT2D eigenvalue weighted by Gasteiger charge is -2.38. The summed E-state index contributed by atoms with van der Waals surface area (Å²) in [5.41, 5.74) is 6.36. The number of carboxylic acids is 1. The molecule has 1 N–H and O–H groups in total. The van der Waals surface area contributed by atoms with Crippen LogP contribution in [0, 0.1) is 5.82 Å². The lowest BCUT2D eigenvalue weighted by atomic mass is 9.74. The van der Waals surface area contributed by atoms with Gasteiger partial charge in [-0.15, -0.1) is 5.73 Å². The van der Waals surface area contributed by atoms with Gasteiger partial charge in [0.05, 0.1) is 13.0 Å². The van der Waals surface area contributed by atoms with E-state index in [1.165, 1.54) is 17.7 Å². The lowest BCUT2D eigenvalue weighted by Crippen LogP contribution is -2.44. The van der Waals surface area contributed by atoms with Gasteiger partial charge in [-0.1, -0.05) is 24.3 Å². The van der Waals surface area contributed by atoms with E-state index in [-0.39, 0.29) is 17.7 Å². The number of rotatable bonds is 5. The number of likely N-dealkylation sites (tertiary alicyclic amines) is 1. The van der Waals surface area contributed by atoms with E-state index in [9.17, 15) is 9.18 Å². The number of aliphatic carboxylic acids is 1. The molecule has 1 saturated heterocycles. The summed E-state index contributed by atoms with van der Waals surface area (Å²) in [4.78, 5) is 13.0. The minimum Gasteiger partial charge on any atom is -0.492 e. The zero-order valence-electron chi connectivity index (χ0n) is 16.2. The number of ether oxygens (including phenoxy) is 1. The summed E-state index contributed by atoms with van der Waals surface area (Å²) >= 11 is 0.